The maximum atomic E-state index is 12.5. The zero-order valence-corrected chi connectivity index (χ0v) is 13.5. The normalized spacial score (nSPS) is 12.4. The molecule has 1 heterocycles. The van der Waals surface area contributed by atoms with Crippen molar-refractivity contribution in [1.82, 2.24) is 5.32 Å². The maximum absolute atomic E-state index is 12.5. The van der Waals surface area contributed by atoms with Crippen LogP contribution in [-0.2, 0) is 0 Å². The largest absolute Gasteiger partial charge is 0.486 e. The molecule has 0 radical (unpaired) electrons. The quantitative estimate of drug-likeness (QED) is 0.908. The van der Waals surface area contributed by atoms with Gasteiger partial charge in [-0.3, -0.25) is 9.59 Å². The van der Waals surface area contributed by atoms with Crippen LogP contribution in [0.4, 0.5) is 5.69 Å². The minimum atomic E-state index is -0.274. The zero-order chi connectivity index (χ0) is 17.1. The smallest absolute Gasteiger partial charge is 0.255 e. The highest BCUT2D eigenvalue weighted by Gasteiger charge is 2.16. The van der Waals surface area contributed by atoms with Crippen LogP contribution in [0.5, 0.6) is 11.5 Å². The van der Waals surface area contributed by atoms with E-state index in [4.69, 9.17) is 9.47 Å². The average molecular weight is 326 g/mol. The van der Waals surface area contributed by atoms with E-state index in [2.05, 4.69) is 10.6 Å². The molecule has 0 aromatic heterocycles. The van der Waals surface area contributed by atoms with E-state index in [1.807, 2.05) is 6.92 Å². The Kier molecular flexibility index (Phi) is 4.37. The van der Waals surface area contributed by atoms with Crippen molar-refractivity contribution in [1.29, 1.82) is 0 Å². The van der Waals surface area contributed by atoms with Gasteiger partial charge in [0.15, 0.2) is 11.5 Å². The highest BCUT2D eigenvalue weighted by molar-refractivity contribution is 6.06. The molecule has 124 valence electrons. The van der Waals surface area contributed by atoms with Crippen LogP contribution in [0, 0.1) is 6.92 Å². The Morgan fingerprint density at radius 3 is 2.33 bits per heavy atom. The van der Waals surface area contributed by atoms with Gasteiger partial charge < -0.3 is 20.1 Å². The highest BCUT2D eigenvalue weighted by Crippen LogP contribution is 2.31. The van der Waals surface area contributed by atoms with Crippen molar-refractivity contribution < 1.29 is 19.1 Å². The van der Waals surface area contributed by atoms with Gasteiger partial charge >= 0.3 is 0 Å². The fourth-order valence-corrected chi connectivity index (χ4v) is 2.42. The zero-order valence-electron chi connectivity index (χ0n) is 13.5. The number of hydrogen-bond donors (Lipinski definition) is 2. The molecule has 3 rings (SSSR count). The second-order valence-electron chi connectivity index (χ2n) is 5.42. The van der Waals surface area contributed by atoms with Crippen molar-refractivity contribution in [3.05, 3.63) is 53.1 Å². The molecule has 2 amide bonds. The molecular formula is C18H18N2O4. The van der Waals surface area contributed by atoms with Gasteiger partial charge in [-0.05, 0) is 42.8 Å². The molecule has 0 saturated carbocycles. The molecule has 0 bridgehead atoms. The summed E-state index contributed by atoms with van der Waals surface area (Å²) in [5, 5.41) is 5.40. The lowest BCUT2D eigenvalue weighted by molar-refractivity contribution is 0.0961. The van der Waals surface area contributed by atoms with Crippen molar-refractivity contribution in [3.63, 3.8) is 0 Å². The minimum absolute atomic E-state index is 0.204. The lowest BCUT2D eigenvalue weighted by Gasteiger charge is -2.18. The van der Waals surface area contributed by atoms with E-state index in [0.717, 1.165) is 5.56 Å². The topological polar surface area (TPSA) is 76.7 Å². The van der Waals surface area contributed by atoms with Crippen LogP contribution in [0.15, 0.2) is 36.4 Å². The van der Waals surface area contributed by atoms with Crippen LogP contribution in [-0.4, -0.2) is 32.1 Å². The molecule has 2 aromatic carbocycles. The molecule has 0 saturated heterocycles. The van der Waals surface area contributed by atoms with Crippen LogP contribution >= 0.6 is 0 Å². The molecule has 0 fully saturated rings. The van der Waals surface area contributed by atoms with Gasteiger partial charge in [0.2, 0.25) is 0 Å². The average Bonchev–Trinajstić information content (AvgIpc) is 2.62. The number of nitrogens with one attached hydrogen (secondary N) is 2. The predicted molar refractivity (Wildman–Crippen MR) is 90.0 cm³/mol. The summed E-state index contributed by atoms with van der Waals surface area (Å²) in [5.74, 6) is 0.717. The summed E-state index contributed by atoms with van der Waals surface area (Å²) in [6.07, 6.45) is 0. The molecule has 6 nitrogen and oxygen atoms in total. The number of rotatable bonds is 3. The van der Waals surface area contributed by atoms with E-state index in [0.29, 0.717) is 41.5 Å². The van der Waals surface area contributed by atoms with Gasteiger partial charge in [-0.15, -0.1) is 0 Å². The monoisotopic (exact) mass is 326 g/mol. The minimum Gasteiger partial charge on any atom is -0.486 e. The predicted octanol–water partition coefficient (Wildman–Crippen LogP) is 2.38. The van der Waals surface area contributed by atoms with Crippen molar-refractivity contribution in [2.45, 2.75) is 6.92 Å². The van der Waals surface area contributed by atoms with Crippen molar-refractivity contribution in [3.8, 4) is 11.5 Å². The Balaban J connectivity index is 1.83. The number of aryl methyl sites for hydroxylation is 1. The summed E-state index contributed by atoms with van der Waals surface area (Å²) in [6, 6.07) is 10.2. The van der Waals surface area contributed by atoms with E-state index in [1.165, 1.54) is 0 Å². The van der Waals surface area contributed by atoms with Crippen LogP contribution < -0.4 is 20.1 Å². The van der Waals surface area contributed by atoms with Gasteiger partial charge in [0.25, 0.3) is 11.8 Å². The number of benzene rings is 2. The number of anilines is 1. The molecule has 24 heavy (non-hydrogen) atoms. The molecule has 2 N–H and O–H groups in total. The summed E-state index contributed by atoms with van der Waals surface area (Å²) in [4.78, 5) is 24.2. The van der Waals surface area contributed by atoms with Gasteiger partial charge in [-0.25, -0.2) is 0 Å². The first-order valence-corrected chi connectivity index (χ1v) is 7.62. The van der Waals surface area contributed by atoms with Gasteiger partial charge in [0.05, 0.1) is 0 Å². The second-order valence-corrected chi connectivity index (χ2v) is 5.42. The molecule has 1 aliphatic heterocycles. The Labute approximate surface area is 139 Å². The standard InChI is InChI=1S/C18H18N2O4/c1-11-3-4-12(17(21)19-2)9-14(11)20-18(22)13-5-6-15-16(10-13)24-8-7-23-15/h3-6,9-10H,7-8H2,1-2H3,(H,19,21)(H,20,22). The van der Waals surface area contributed by atoms with Crippen molar-refractivity contribution in [2.24, 2.45) is 0 Å². The maximum Gasteiger partial charge on any atom is 0.255 e. The number of hydrogen-bond acceptors (Lipinski definition) is 4. The van der Waals surface area contributed by atoms with Gasteiger partial charge in [0, 0.05) is 23.9 Å². The Morgan fingerprint density at radius 1 is 0.917 bits per heavy atom. The third-order valence-electron chi connectivity index (χ3n) is 3.78. The molecule has 0 spiro atoms. The van der Waals surface area contributed by atoms with Gasteiger partial charge in [0.1, 0.15) is 13.2 Å². The summed E-state index contributed by atoms with van der Waals surface area (Å²) < 4.78 is 10.9. The first kappa shape index (κ1) is 15.9. The van der Waals surface area contributed by atoms with E-state index in [-0.39, 0.29) is 11.8 Å². The summed E-state index contributed by atoms with van der Waals surface area (Å²) in [6.45, 7) is 2.84. The first-order valence-electron chi connectivity index (χ1n) is 7.62. The molecule has 0 aliphatic carbocycles. The van der Waals surface area contributed by atoms with Crippen LogP contribution in [0.25, 0.3) is 0 Å². The number of fused-ring (bicyclic) bond motifs is 1. The fraction of sp³-hybridized carbons (Fsp3) is 0.222. The molecule has 0 unspecified atom stereocenters. The summed E-state index contributed by atoms with van der Waals surface area (Å²) in [5.41, 5.74) is 2.41. The SMILES string of the molecule is CNC(=O)c1ccc(C)c(NC(=O)c2ccc3c(c2)OCCO3)c1. The Hall–Kier alpha value is -3.02. The second kappa shape index (κ2) is 6.62. The summed E-state index contributed by atoms with van der Waals surface area (Å²) >= 11 is 0. The molecule has 6 heteroatoms. The van der Waals surface area contributed by atoms with Crippen LogP contribution in [0.2, 0.25) is 0 Å². The highest BCUT2D eigenvalue weighted by atomic mass is 16.6. The summed E-state index contributed by atoms with van der Waals surface area (Å²) in [7, 11) is 1.57. The van der Waals surface area contributed by atoms with Crippen molar-refractivity contribution in [2.75, 3.05) is 25.6 Å². The lowest BCUT2D eigenvalue weighted by Crippen LogP contribution is -2.19. The lowest BCUT2D eigenvalue weighted by atomic mass is 10.1. The van der Waals surface area contributed by atoms with Gasteiger partial charge in [-0.1, -0.05) is 6.07 Å². The van der Waals surface area contributed by atoms with E-state index >= 15 is 0 Å². The molecule has 2 aromatic rings. The number of amides is 2. The third kappa shape index (κ3) is 3.17. The third-order valence-corrected chi connectivity index (χ3v) is 3.78. The first-order chi connectivity index (χ1) is 11.6. The van der Waals surface area contributed by atoms with Crippen molar-refractivity contribution >= 4 is 17.5 Å². The number of carbonyl (C=O) groups is 2. The Bertz CT molecular complexity index is 802. The van der Waals surface area contributed by atoms with Gasteiger partial charge in [-0.2, -0.15) is 0 Å². The number of ether oxygens (including phenoxy) is 2. The molecule has 0 atom stereocenters. The van der Waals surface area contributed by atoms with E-state index in [1.54, 1.807) is 43.4 Å². The van der Waals surface area contributed by atoms with Crippen LogP contribution in [0.1, 0.15) is 26.3 Å². The Morgan fingerprint density at radius 2 is 1.58 bits per heavy atom. The fourth-order valence-electron chi connectivity index (χ4n) is 2.42. The molecule has 1 aliphatic rings. The van der Waals surface area contributed by atoms with E-state index in [9.17, 15) is 9.59 Å². The van der Waals surface area contributed by atoms with Crippen LogP contribution in [0.3, 0.4) is 0 Å². The number of carbonyl (C=O) groups excluding carboxylic acids is 2. The van der Waals surface area contributed by atoms with E-state index < -0.39 is 0 Å². The molecular weight excluding hydrogens is 308 g/mol.